The van der Waals surface area contributed by atoms with E-state index in [2.05, 4.69) is 9.97 Å². The number of aromatic nitrogens is 2. The zero-order valence-electron chi connectivity index (χ0n) is 7.85. The SMILES string of the molecule is C[C@H](c1ncc(F)cn1)[C@@H](C)S(=O)O. The van der Waals surface area contributed by atoms with Gasteiger partial charge in [-0.2, -0.15) is 0 Å². The highest BCUT2D eigenvalue weighted by atomic mass is 32.2. The van der Waals surface area contributed by atoms with Gasteiger partial charge in [-0.1, -0.05) is 6.92 Å². The lowest BCUT2D eigenvalue weighted by Gasteiger charge is -2.14. The van der Waals surface area contributed by atoms with Gasteiger partial charge in [0, 0.05) is 5.92 Å². The molecule has 0 aromatic carbocycles. The summed E-state index contributed by atoms with van der Waals surface area (Å²) in [5.74, 6) is -0.415. The molecule has 1 aromatic heterocycles. The van der Waals surface area contributed by atoms with Crippen LogP contribution in [0.5, 0.6) is 0 Å². The summed E-state index contributed by atoms with van der Waals surface area (Å²) < 4.78 is 32.1. The molecule has 14 heavy (non-hydrogen) atoms. The predicted octanol–water partition coefficient (Wildman–Crippen LogP) is 1.33. The fourth-order valence-electron chi connectivity index (χ4n) is 0.942. The van der Waals surface area contributed by atoms with Crippen molar-refractivity contribution in [1.29, 1.82) is 0 Å². The van der Waals surface area contributed by atoms with Crippen LogP contribution < -0.4 is 0 Å². The zero-order chi connectivity index (χ0) is 10.7. The van der Waals surface area contributed by atoms with Crippen molar-refractivity contribution in [3.63, 3.8) is 0 Å². The average molecular weight is 218 g/mol. The Balaban J connectivity index is 2.84. The number of halogens is 1. The van der Waals surface area contributed by atoms with Gasteiger partial charge in [0.2, 0.25) is 0 Å². The Morgan fingerprint density at radius 1 is 1.43 bits per heavy atom. The molecule has 0 saturated heterocycles. The fourth-order valence-corrected chi connectivity index (χ4v) is 1.41. The molecule has 0 aliphatic carbocycles. The molecule has 3 atom stereocenters. The molecule has 0 amide bonds. The summed E-state index contributed by atoms with van der Waals surface area (Å²) in [6.07, 6.45) is 2.09. The molecule has 4 nitrogen and oxygen atoms in total. The highest BCUT2D eigenvalue weighted by molar-refractivity contribution is 7.79. The van der Waals surface area contributed by atoms with Crippen LogP contribution in [-0.2, 0) is 11.1 Å². The van der Waals surface area contributed by atoms with E-state index in [0.717, 1.165) is 12.4 Å². The van der Waals surface area contributed by atoms with Crippen molar-refractivity contribution in [1.82, 2.24) is 9.97 Å². The van der Waals surface area contributed by atoms with Crippen molar-refractivity contribution in [2.75, 3.05) is 0 Å². The largest absolute Gasteiger partial charge is 0.306 e. The van der Waals surface area contributed by atoms with Gasteiger partial charge in [0.25, 0.3) is 0 Å². The smallest absolute Gasteiger partial charge is 0.159 e. The third-order valence-electron chi connectivity index (χ3n) is 2.07. The Morgan fingerprint density at radius 3 is 2.36 bits per heavy atom. The standard InChI is InChI=1S/C8H11FN2O2S/c1-5(6(2)14(12)13)8-10-3-7(9)4-11-8/h3-6H,1-2H3,(H,12,13)/t5-,6+/m0/s1. The lowest BCUT2D eigenvalue weighted by Crippen LogP contribution is -2.19. The first-order valence-electron chi connectivity index (χ1n) is 4.09. The Bertz CT molecular complexity index is 331. The Labute approximate surface area is 83.9 Å². The molecule has 0 radical (unpaired) electrons. The van der Waals surface area contributed by atoms with Crippen LogP contribution in [0.15, 0.2) is 12.4 Å². The van der Waals surface area contributed by atoms with E-state index >= 15 is 0 Å². The number of nitrogens with zero attached hydrogens (tertiary/aromatic N) is 2. The highest BCUT2D eigenvalue weighted by Gasteiger charge is 2.21. The van der Waals surface area contributed by atoms with Gasteiger partial charge in [-0.05, 0) is 6.92 Å². The average Bonchev–Trinajstić information content (AvgIpc) is 2.16. The highest BCUT2D eigenvalue weighted by Crippen LogP contribution is 2.17. The maximum Gasteiger partial charge on any atom is 0.159 e. The summed E-state index contributed by atoms with van der Waals surface area (Å²) in [5, 5.41) is -0.472. The monoisotopic (exact) mass is 218 g/mol. The van der Waals surface area contributed by atoms with E-state index in [1.54, 1.807) is 13.8 Å². The van der Waals surface area contributed by atoms with Gasteiger partial charge in [-0.25, -0.2) is 18.6 Å². The minimum absolute atomic E-state index is 0.276. The van der Waals surface area contributed by atoms with Crippen LogP contribution in [0.4, 0.5) is 4.39 Å². The van der Waals surface area contributed by atoms with Crippen molar-refractivity contribution in [2.24, 2.45) is 0 Å². The predicted molar refractivity (Wildman–Crippen MR) is 50.6 cm³/mol. The Hall–Kier alpha value is -0.880. The molecule has 0 spiro atoms. The summed E-state index contributed by atoms with van der Waals surface area (Å²) in [5.41, 5.74) is 0. The van der Waals surface area contributed by atoms with Gasteiger partial charge in [-0.15, -0.1) is 0 Å². The van der Waals surface area contributed by atoms with Crippen molar-refractivity contribution in [3.05, 3.63) is 24.0 Å². The van der Waals surface area contributed by atoms with Gasteiger partial charge in [-0.3, -0.25) is 0 Å². The van der Waals surface area contributed by atoms with Crippen molar-refractivity contribution in [3.8, 4) is 0 Å². The van der Waals surface area contributed by atoms with E-state index < -0.39 is 22.1 Å². The quantitative estimate of drug-likeness (QED) is 0.777. The van der Waals surface area contributed by atoms with Crippen molar-refractivity contribution in [2.45, 2.75) is 25.0 Å². The first kappa shape index (κ1) is 11.2. The lowest BCUT2D eigenvalue weighted by atomic mass is 10.1. The molecule has 1 rings (SSSR count). The van der Waals surface area contributed by atoms with Crippen LogP contribution in [0.25, 0.3) is 0 Å². The molecular formula is C8H11FN2O2S. The van der Waals surface area contributed by atoms with Crippen molar-refractivity contribution >= 4 is 11.1 Å². The van der Waals surface area contributed by atoms with Crippen LogP contribution in [0, 0.1) is 5.82 Å². The van der Waals surface area contributed by atoms with E-state index in [-0.39, 0.29) is 5.92 Å². The third-order valence-corrected chi connectivity index (χ3v) is 3.11. The molecule has 1 N–H and O–H groups in total. The van der Waals surface area contributed by atoms with Gasteiger partial charge < -0.3 is 4.55 Å². The van der Waals surface area contributed by atoms with E-state index in [9.17, 15) is 8.60 Å². The zero-order valence-corrected chi connectivity index (χ0v) is 8.66. The first-order chi connectivity index (χ1) is 6.52. The fraction of sp³-hybridized carbons (Fsp3) is 0.500. The van der Waals surface area contributed by atoms with Gasteiger partial charge >= 0.3 is 0 Å². The van der Waals surface area contributed by atoms with Crippen molar-refractivity contribution < 1.29 is 13.2 Å². The molecule has 0 aliphatic heterocycles. The van der Waals surface area contributed by atoms with Crippen LogP contribution >= 0.6 is 0 Å². The minimum atomic E-state index is -1.92. The van der Waals surface area contributed by atoms with E-state index in [0.29, 0.717) is 5.82 Å². The maximum atomic E-state index is 12.5. The maximum absolute atomic E-state index is 12.5. The molecule has 0 saturated carbocycles. The van der Waals surface area contributed by atoms with Crippen LogP contribution in [0.2, 0.25) is 0 Å². The second-order valence-electron chi connectivity index (χ2n) is 3.03. The van der Waals surface area contributed by atoms with Crippen LogP contribution in [-0.4, -0.2) is 24.0 Å². The van der Waals surface area contributed by atoms with E-state index in [1.807, 2.05) is 0 Å². The summed E-state index contributed by atoms with van der Waals surface area (Å²) in [6.45, 7) is 3.35. The number of hydrogen-bond donors (Lipinski definition) is 1. The third kappa shape index (κ3) is 2.55. The minimum Gasteiger partial charge on any atom is -0.306 e. The Morgan fingerprint density at radius 2 is 1.93 bits per heavy atom. The molecule has 6 heteroatoms. The normalized spacial score (nSPS) is 17.4. The molecule has 0 aliphatic rings. The first-order valence-corrected chi connectivity index (χ1v) is 5.26. The second kappa shape index (κ2) is 4.56. The van der Waals surface area contributed by atoms with E-state index in [4.69, 9.17) is 4.55 Å². The summed E-state index contributed by atoms with van der Waals surface area (Å²) >= 11 is -1.92. The lowest BCUT2D eigenvalue weighted by molar-refractivity contribution is 0.531. The molecule has 0 bridgehead atoms. The Kier molecular flexibility index (Phi) is 3.65. The second-order valence-corrected chi connectivity index (χ2v) is 4.33. The molecular weight excluding hydrogens is 207 g/mol. The van der Waals surface area contributed by atoms with Gasteiger partial charge in [0.1, 0.15) is 5.82 Å². The molecule has 78 valence electrons. The number of hydrogen-bond acceptors (Lipinski definition) is 3. The molecule has 0 fully saturated rings. The molecule has 1 unspecified atom stereocenters. The van der Waals surface area contributed by atoms with Crippen LogP contribution in [0.1, 0.15) is 25.6 Å². The van der Waals surface area contributed by atoms with Gasteiger partial charge in [0.15, 0.2) is 16.9 Å². The van der Waals surface area contributed by atoms with Gasteiger partial charge in [0.05, 0.1) is 17.6 Å². The summed E-state index contributed by atoms with van der Waals surface area (Å²) in [7, 11) is 0. The summed E-state index contributed by atoms with van der Waals surface area (Å²) in [4.78, 5) is 7.50. The molecule has 1 heterocycles. The van der Waals surface area contributed by atoms with Crippen LogP contribution in [0.3, 0.4) is 0 Å². The summed E-state index contributed by atoms with van der Waals surface area (Å²) in [6, 6.07) is 0. The topological polar surface area (TPSA) is 63.1 Å². The van der Waals surface area contributed by atoms with E-state index in [1.165, 1.54) is 0 Å². The number of rotatable bonds is 3. The molecule has 1 aromatic rings.